The second kappa shape index (κ2) is 10.1. The van der Waals surface area contributed by atoms with Crippen molar-refractivity contribution in [2.24, 2.45) is 0 Å². The maximum Gasteiger partial charge on any atom is 0.508 e. The molecule has 0 radical (unpaired) electrons. The molecule has 14 heteroatoms. The molecule has 1 aliphatic rings. The molecular weight excluding hydrogens is 466 g/mol. The third kappa shape index (κ3) is 5.39. The molecule has 3 rings (SSSR count). The summed E-state index contributed by atoms with van der Waals surface area (Å²) in [7, 11) is 0. The number of benzene rings is 1. The van der Waals surface area contributed by atoms with Gasteiger partial charge in [-0.05, 0) is 13.0 Å². The Balaban J connectivity index is 1.55. The van der Waals surface area contributed by atoms with Gasteiger partial charge in [0.2, 0.25) is 0 Å². The summed E-state index contributed by atoms with van der Waals surface area (Å²) in [6, 6.07) is 4.17. The molecule has 178 valence electrons. The van der Waals surface area contributed by atoms with Crippen LogP contribution in [0.1, 0.15) is 17.4 Å². The minimum atomic E-state index is -1.54. The van der Waals surface area contributed by atoms with E-state index < -0.39 is 53.5 Å². The predicted molar refractivity (Wildman–Crippen MR) is 111 cm³/mol. The Kier molecular flexibility index (Phi) is 7.48. The number of aryl methyl sites for hydroxylation is 1. The lowest BCUT2D eigenvalue weighted by atomic mass is 10.1. The van der Waals surface area contributed by atoms with Crippen LogP contribution in [-0.2, 0) is 20.6 Å². The van der Waals surface area contributed by atoms with Crippen LogP contribution < -0.4 is 11.2 Å². The smallest absolute Gasteiger partial charge is 0.434 e. The number of ether oxygens (including phenoxy) is 3. The number of nitro groups is 1. The van der Waals surface area contributed by atoms with Crippen LogP contribution in [0.25, 0.3) is 0 Å². The number of hydrogen-bond acceptors (Lipinski definition) is 10. The van der Waals surface area contributed by atoms with Crippen molar-refractivity contribution in [3.63, 3.8) is 0 Å². The number of H-pyrrole nitrogens is 1. The van der Waals surface area contributed by atoms with E-state index >= 15 is 0 Å². The molecule has 33 heavy (non-hydrogen) atoms. The summed E-state index contributed by atoms with van der Waals surface area (Å²) >= 11 is 5.97. The third-order valence-corrected chi connectivity index (χ3v) is 5.34. The Morgan fingerprint density at radius 1 is 1.30 bits per heavy atom. The minimum absolute atomic E-state index is 0.0388. The van der Waals surface area contributed by atoms with E-state index in [2.05, 4.69) is 4.98 Å². The average Bonchev–Trinajstić information content (AvgIpc) is 3.04. The zero-order valence-electron chi connectivity index (χ0n) is 17.2. The highest BCUT2D eigenvalue weighted by atomic mass is 35.5. The molecule has 2 heterocycles. The van der Waals surface area contributed by atoms with Crippen LogP contribution in [0.4, 0.5) is 10.5 Å². The van der Waals surface area contributed by atoms with Crippen LogP contribution in [0.15, 0.2) is 34.0 Å². The molecule has 1 fully saturated rings. The number of nitro benzene ring substituents is 1. The molecule has 0 spiro atoms. The second-order valence-electron chi connectivity index (χ2n) is 7.18. The van der Waals surface area contributed by atoms with Gasteiger partial charge in [-0.15, -0.1) is 0 Å². The number of rotatable bonds is 7. The van der Waals surface area contributed by atoms with Crippen molar-refractivity contribution in [1.29, 1.82) is 0 Å². The first-order chi connectivity index (χ1) is 15.6. The van der Waals surface area contributed by atoms with Crippen LogP contribution in [0.3, 0.4) is 0 Å². The van der Waals surface area contributed by atoms with Gasteiger partial charge in [0.15, 0.2) is 6.23 Å². The first-order valence-corrected chi connectivity index (χ1v) is 10.0. The molecule has 0 amide bonds. The Hall–Kier alpha value is -3.26. The van der Waals surface area contributed by atoms with Gasteiger partial charge in [0.05, 0.1) is 22.1 Å². The van der Waals surface area contributed by atoms with E-state index in [0.29, 0.717) is 0 Å². The van der Waals surface area contributed by atoms with E-state index in [1.807, 2.05) is 0 Å². The molecular formula is C19H20ClN3O10. The Bertz CT molecular complexity index is 1160. The quantitative estimate of drug-likeness (QED) is 0.282. The number of nitrogens with zero attached hydrogens (tertiary/aromatic N) is 2. The van der Waals surface area contributed by atoms with E-state index in [1.165, 1.54) is 31.3 Å². The number of aliphatic hydroxyl groups excluding tert-OH is 2. The lowest BCUT2D eigenvalue weighted by Crippen LogP contribution is -2.38. The molecule has 2 aromatic rings. The Labute approximate surface area is 190 Å². The standard InChI is InChI=1S/C19H20ClN3O10/c1-9-7-22(18(27)21-16(9)26)17-15(25)14(24)13(33-17)8-32-19(28)31-6-5-10-11(20)3-2-4-12(10)23(29)30/h2-4,7,13-15,17,24-25H,5-6,8H2,1H3,(H,21,26,27)/t13-,14?,15?,17-/m1/s1. The molecule has 1 saturated heterocycles. The van der Waals surface area contributed by atoms with E-state index in [9.17, 15) is 34.7 Å². The van der Waals surface area contributed by atoms with Crippen molar-refractivity contribution in [3.8, 4) is 0 Å². The molecule has 1 aromatic carbocycles. The minimum Gasteiger partial charge on any atom is -0.434 e. The molecule has 4 atom stereocenters. The van der Waals surface area contributed by atoms with Gasteiger partial charge in [-0.1, -0.05) is 17.7 Å². The third-order valence-electron chi connectivity index (χ3n) is 4.99. The molecule has 1 aromatic heterocycles. The molecule has 3 N–H and O–H groups in total. The number of carbonyl (C=O) groups is 1. The summed E-state index contributed by atoms with van der Waals surface area (Å²) < 4.78 is 16.1. The SMILES string of the molecule is Cc1cn([C@@H]2O[C@H](COC(=O)OCCc3c(Cl)cccc3[N+](=O)[O-])C(O)C2O)c(=O)[nH]c1=O. The number of aromatic nitrogens is 2. The molecule has 0 bridgehead atoms. The van der Waals surface area contributed by atoms with Crippen LogP contribution in [0.2, 0.25) is 5.02 Å². The second-order valence-corrected chi connectivity index (χ2v) is 7.59. The van der Waals surface area contributed by atoms with Crippen molar-refractivity contribution in [3.05, 3.63) is 71.5 Å². The normalized spacial score (nSPS) is 22.2. The van der Waals surface area contributed by atoms with Gasteiger partial charge in [0.1, 0.15) is 24.9 Å². The van der Waals surface area contributed by atoms with Gasteiger partial charge in [0.25, 0.3) is 11.2 Å². The monoisotopic (exact) mass is 485 g/mol. The highest BCUT2D eigenvalue weighted by molar-refractivity contribution is 6.31. The highest BCUT2D eigenvalue weighted by Crippen LogP contribution is 2.29. The summed E-state index contributed by atoms with van der Waals surface area (Å²) in [5.41, 5.74) is -1.29. The molecule has 0 saturated carbocycles. The van der Waals surface area contributed by atoms with E-state index in [0.717, 1.165) is 4.57 Å². The molecule has 1 aliphatic heterocycles. The van der Waals surface area contributed by atoms with Crippen LogP contribution in [0.5, 0.6) is 0 Å². The fourth-order valence-electron chi connectivity index (χ4n) is 3.27. The van der Waals surface area contributed by atoms with Crippen LogP contribution >= 0.6 is 11.6 Å². The lowest BCUT2D eigenvalue weighted by molar-refractivity contribution is -0.385. The number of carbonyl (C=O) groups excluding carboxylic acids is 1. The number of aromatic amines is 1. The van der Waals surface area contributed by atoms with Crippen molar-refractivity contribution in [1.82, 2.24) is 9.55 Å². The van der Waals surface area contributed by atoms with Gasteiger partial charge < -0.3 is 24.4 Å². The predicted octanol–water partition coefficient (Wildman–Crippen LogP) is 0.422. The Morgan fingerprint density at radius 2 is 2.03 bits per heavy atom. The summed E-state index contributed by atoms with van der Waals surface area (Å²) in [4.78, 5) is 47.9. The van der Waals surface area contributed by atoms with Crippen molar-refractivity contribution >= 4 is 23.4 Å². The van der Waals surface area contributed by atoms with Gasteiger partial charge >= 0.3 is 11.8 Å². The van der Waals surface area contributed by atoms with Crippen molar-refractivity contribution < 1.29 is 34.1 Å². The summed E-state index contributed by atoms with van der Waals surface area (Å²) in [6.45, 7) is 0.659. The highest BCUT2D eigenvalue weighted by Gasteiger charge is 2.44. The zero-order valence-corrected chi connectivity index (χ0v) is 17.9. The largest absolute Gasteiger partial charge is 0.508 e. The number of nitrogens with one attached hydrogen (secondary N) is 1. The van der Waals surface area contributed by atoms with Crippen LogP contribution in [-0.4, -0.2) is 62.4 Å². The average molecular weight is 486 g/mol. The summed E-state index contributed by atoms with van der Waals surface area (Å²) in [5.74, 6) is 0. The first kappa shape index (κ1) is 24.4. The fourth-order valence-corrected chi connectivity index (χ4v) is 3.53. The molecule has 0 aliphatic carbocycles. The number of hydrogen-bond donors (Lipinski definition) is 3. The summed E-state index contributed by atoms with van der Waals surface area (Å²) in [5, 5.41) is 31.6. The van der Waals surface area contributed by atoms with Crippen molar-refractivity contribution in [2.45, 2.75) is 37.9 Å². The van der Waals surface area contributed by atoms with Gasteiger partial charge in [0, 0.05) is 24.2 Å². The van der Waals surface area contributed by atoms with E-state index in [-0.39, 0.29) is 34.9 Å². The summed E-state index contributed by atoms with van der Waals surface area (Å²) in [6.07, 6.45) is -5.58. The van der Waals surface area contributed by atoms with Crippen LogP contribution in [0, 0.1) is 17.0 Å². The maximum atomic E-state index is 12.0. The lowest BCUT2D eigenvalue weighted by Gasteiger charge is -2.17. The fraction of sp³-hybridized carbons (Fsp3) is 0.421. The number of aliphatic hydroxyl groups is 2. The topological polar surface area (TPSA) is 183 Å². The van der Waals surface area contributed by atoms with Gasteiger partial charge in [-0.3, -0.25) is 24.5 Å². The van der Waals surface area contributed by atoms with Crippen molar-refractivity contribution in [2.75, 3.05) is 13.2 Å². The van der Waals surface area contributed by atoms with E-state index in [4.69, 9.17) is 25.8 Å². The van der Waals surface area contributed by atoms with Gasteiger partial charge in [-0.25, -0.2) is 9.59 Å². The first-order valence-electron chi connectivity index (χ1n) is 9.65. The van der Waals surface area contributed by atoms with E-state index in [1.54, 1.807) is 0 Å². The Morgan fingerprint density at radius 3 is 2.73 bits per heavy atom. The number of halogens is 1. The maximum absolute atomic E-state index is 12.0. The zero-order chi connectivity index (χ0) is 24.3. The van der Waals surface area contributed by atoms with Gasteiger partial charge in [-0.2, -0.15) is 0 Å². The molecule has 2 unspecified atom stereocenters. The molecule has 13 nitrogen and oxygen atoms in total.